The van der Waals surface area contributed by atoms with E-state index in [4.69, 9.17) is 4.42 Å². The molecule has 1 aliphatic rings. The Morgan fingerprint density at radius 2 is 2.29 bits per heavy atom. The van der Waals surface area contributed by atoms with E-state index in [0.29, 0.717) is 22.4 Å². The monoisotopic (exact) mass is 326 g/mol. The van der Waals surface area contributed by atoms with E-state index in [0.717, 1.165) is 17.8 Å². The van der Waals surface area contributed by atoms with E-state index in [1.54, 1.807) is 16.6 Å². The Balaban J connectivity index is 1.98. The van der Waals surface area contributed by atoms with Crippen LogP contribution in [0.1, 0.15) is 36.6 Å². The van der Waals surface area contributed by atoms with Gasteiger partial charge in [0, 0.05) is 6.54 Å². The average Bonchev–Trinajstić information content (AvgIpc) is 3.09. The lowest BCUT2D eigenvalue weighted by Crippen LogP contribution is -2.40. The number of piperidine rings is 1. The molecule has 0 spiro atoms. The van der Waals surface area contributed by atoms with E-state index in [1.807, 2.05) is 13.0 Å². The molecule has 2 atom stereocenters. The maximum absolute atomic E-state index is 12.9. The molecule has 1 saturated heterocycles. The van der Waals surface area contributed by atoms with Crippen molar-refractivity contribution in [2.45, 2.75) is 36.9 Å². The quantitative estimate of drug-likeness (QED) is 0.869. The summed E-state index contributed by atoms with van der Waals surface area (Å²) in [7, 11) is -3.51. The zero-order valence-electron chi connectivity index (χ0n) is 12.0. The summed E-state index contributed by atoms with van der Waals surface area (Å²) in [6.07, 6.45) is 4.70. The fourth-order valence-electron chi connectivity index (χ4n) is 2.72. The summed E-state index contributed by atoms with van der Waals surface area (Å²) in [6.45, 7) is 4.48. The minimum atomic E-state index is -3.51. The highest BCUT2D eigenvalue weighted by Crippen LogP contribution is 2.38. The number of hydrogen-bond donors (Lipinski definition) is 0. The molecule has 0 unspecified atom stereocenters. The highest BCUT2D eigenvalue weighted by molar-refractivity contribution is 7.91. The van der Waals surface area contributed by atoms with E-state index in [1.165, 1.54) is 17.5 Å². The van der Waals surface area contributed by atoms with Gasteiger partial charge in [0.25, 0.3) is 10.0 Å². The second kappa shape index (κ2) is 5.55. The number of aryl methyl sites for hydroxylation is 1. The molecule has 0 bridgehead atoms. The molecule has 1 aliphatic heterocycles. The topological polar surface area (TPSA) is 63.4 Å². The van der Waals surface area contributed by atoms with Crippen LogP contribution < -0.4 is 0 Å². The van der Waals surface area contributed by atoms with Crippen molar-refractivity contribution in [3.8, 4) is 0 Å². The van der Waals surface area contributed by atoms with Crippen LogP contribution in [-0.2, 0) is 10.0 Å². The van der Waals surface area contributed by atoms with Crippen molar-refractivity contribution in [3.63, 3.8) is 0 Å². The number of hydrogen-bond acceptors (Lipinski definition) is 5. The Labute approximate surface area is 128 Å². The number of nitrogens with zero attached hydrogens (tertiary/aromatic N) is 2. The second-order valence-electron chi connectivity index (χ2n) is 5.47. The van der Waals surface area contributed by atoms with E-state index < -0.39 is 10.0 Å². The fraction of sp³-hybridized carbons (Fsp3) is 0.500. The molecule has 0 saturated carbocycles. The van der Waals surface area contributed by atoms with Gasteiger partial charge in [-0.3, -0.25) is 0 Å². The summed E-state index contributed by atoms with van der Waals surface area (Å²) in [6, 6.07) is 3.43. The van der Waals surface area contributed by atoms with Gasteiger partial charge in [0.2, 0.25) is 0 Å². The minimum Gasteiger partial charge on any atom is -0.468 e. The Morgan fingerprint density at radius 1 is 1.48 bits per heavy atom. The predicted molar refractivity (Wildman–Crippen MR) is 80.6 cm³/mol. The first-order valence-electron chi connectivity index (χ1n) is 6.96. The molecule has 0 N–H and O–H groups in total. The van der Waals surface area contributed by atoms with Gasteiger partial charge in [0.15, 0.2) is 4.21 Å². The average molecular weight is 326 g/mol. The number of rotatable bonds is 3. The van der Waals surface area contributed by atoms with E-state index in [9.17, 15) is 8.42 Å². The number of sulfonamides is 1. The van der Waals surface area contributed by atoms with Gasteiger partial charge >= 0.3 is 0 Å². The predicted octanol–water partition coefficient (Wildman–Crippen LogP) is 3.21. The Hall–Kier alpha value is -1.18. The van der Waals surface area contributed by atoms with Gasteiger partial charge in [-0.2, -0.15) is 4.31 Å². The lowest BCUT2D eigenvalue weighted by Gasteiger charge is -2.35. The Bertz CT molecular complexity index is 706. The highest BCUT2D eigenvalue weighted by Gasteiger charge is 2.38. The zero-order chi connectivity index (χ0) is 15.0. The molecule has 21 heavy (non-hydrogen) atoms. The molecule has 1 fully saturated rings. The SMILES string of the molecule is Cc1ncc(S(=O)(=O)N2CC[C@H](C)C[C@H]2c2ccco2)s1. The van der Waals surface area contributed by atoms with Crippen LogP contribution >= 0.6 is 11.3 Å². The third kappa shape index (κ3) is 2.77. The van der Waals surface area contributed by atoms with Crippen LogP contribution in [0.5, 0.6) is 0 Å². The maximum Gasteiger partial charge on any atom is 0.254 e. The molecular weight excluding hydrogens is 308 g/mol. The van der Waals surface area contributed by atoms with Crippen molar-refractivity contribution in [1.29, 1.82) is 0 Å². The van der Waals surface area contributed by atoms with Crippen LogP contribution in [0.25, 0.3) is 0 Å². The van der Waals surface area contributed by atoms with Crippen LogP contribution in [0.2, 0.25) is 0 Å². The van der Waals surface area contributed by atoms with Crippen LogP contribution in [0.3, 0.4) is 0 Å². The molecular formula is C14H18N2O3S2. The van der Waals surface area contributed by atoms with E-state index >= 15 is 0 Å². The van der Waals surface area contributed by atoms with Gasteiger partial charge in [-0.1, -0.05) is 6.92 Å². The normalized spacial score (nSPS) is 24.3. The molecule has 7 heteroatoms. The van der Waals surface area contributed by atoms with Crippen molar-refractivity contribution in [2.24, 2.45) is 5.92 Å². The largest absolute Gasteiger partial charge is 0.468 e. The second-order valence-corrected chi connectivity index (χ2v) is 8.83. The molecule has 0 amide bonds. The summed E-state index contributed by atoms with van der Waals surface area (Å²) in [5.74, 6) is 1.20. The Morgan fingerprint density at radius 3 is 2.90 bits per heavy atom. The molecule has 2 aromatic heterocycles. The Kier molecular flexibility index (Phi) is 3.90. The molecule has 0 aromatic carbocycles. The number of thiazole rings is 1. The van der Waals surface area contributed by atoms with Crippen LogP contribution in [-0.4, -0.2) is 24.3 Å². The molecule has 114 valence electrons. The number of aromatic nitrogens is 1. The third-order valence-electron chi connectivity index (χ3n) is 3.85. The van der Waals surface area contributed by atoms with Gasteiger partial charge in [0.05, 0.1) is 23.5 Å². The van der Waals surface area contributed by atoms with Crippen LogP contribution in [0, 0.1) is 12.8 Å². The number of furan rings is 1. The molecule has 3 rings (SSSR count). The summed E-state index contributed by atoms with van der Waals surface area (Å²) >= 11 is 1.22. The smallest absolute Gasteiger partial charge is 0.254 e. The first kappa shape index (κ1) is 14.7. The lowest BCUT2D eigenvalue weighted by molar-refractivity contribution is 0.185. The van der Waals surface area contributed by atoms with Crippen LogP contribution in [0.4, 0.5) is 0 Å². The molecule has 3 heterocycles. The van der Waals surface area contributed by atoms with Crippen molar-refractivity contribution in [2.75, 3.05) is 6.54 Å². The first-order chi connectivity index (χ1) is 9.98. The summed E-state index contributed by atoms with van der Waals surface area (Å²) in [5.41, 5.74) is 0. The van der Waals surface area contributed by atoms with Gasteiger partial charge < -0.3 is 4.42 Å². The first-order valence-corrected chi connectivity index (χ1v) is 9.22. The standard InChI is InChI=1S/C14H18N2O3S2/c1-10-5-6-16(12(8-10)13-4-3-7-19-13)21(17,18)14-9-15-11(2)20-14/h3-4,7,9-10,12H,5-6,8H2,1-2H3/t10-,12-/m0/s1. The minimum absolute atomic E-state index is 0.226. The zero-order valence-corrected chi connectivity index (χ0v) is 13.7. The maximum atomic E-state index is 12.9. The van der Waals surface area contributed by atoms with Crippen molar-refractivity contribution in [1.82, 2.24) is 9.29 Å². The van der Waals surface area contributed by atoms with Crippen molar-refractivity contribution in [3.05, 3.63) is 35.4 Å². The van der Waals surface area contributed by atoms with Crippen LogP contribution in [0.15, 0.2) is 33.2 Å². The molecule has 0 aliphatic carbocycles. The van der Waals surface area contributed by atoms with Gasteiger partial charge in [0.1, 0.15) is 5.76 Å². The highest BCUT2D eigenvalue weighted by atomic mass is 32.2. The van der Waals surface area contributed by atoms with Gasteiger partial charge in [-0.25, -0.2) is 13.4 Å². The van der Waals surface area contributed by atoms with Gasteiger partial charge in [-0.05, 0) is 37.8 Å². The molecule has 0 radical (unpaired) electrons. The lowest BCUT2D eigenvalue weighted by atomic mass is 9.93. The van der Waals surface area contributed by atoms with Crippen molar-refractivity contribution >= 4 is 21.4 Å². The third-order valence-corrected chi connectivity index (χ3v) is 7.11. The van der Waals surface area contributed by atoms with E-state index in [-0.39, 0.29) is 6.04 Å². The van der Waals surface area contributed by atoms with Gasteiger partial charge in [-0.15, -0.1) is 11.3 Å². The molecule has 2 aromatic rings. The molecule has 5 nitrogen and oxygen atoms in total. The van der Waals surface area contributed by atoms with Crippen molar-refractivity contribution < 1.29 is 12.8 Å². The summed E-state index contributed by atoms with van der Waals surface area (Å²) in [5, 5.41) is 0.758. The summed E-state index contributed by atoms with van der Waals surface area (Å²) in [4.78, 5) is 4.07. The fourth-order valence-corrected chi connectivity index (χ4v) is 5.58. The van der Waals surface area contributed by atoms with E-state index in [2.05, 4.69) is 11.9 Å². The summed E-state index contributed by atoms with van der Waals surface area (Å²) < 4.78 is 33.1.